The van der Waals surface area contributed by atoms with Crippen LogP contribution in [-0.2, 0) is 9.47 Å². The second kappa shape index (κ2) is 7.87. The summed E-state index contributed by atoms with van der Waals surface area (Å²) in [6.07, 6.45) is 2.73. The number of nitrogens with zero attached hydrogens (tertiary/aromatic N) is 2. The van der Waals surface area contributed by atoms with E-state index in [1.54, 1.807) is 6.20 Å². The zero-order chi connectivity index (χ0) is 15.2. The van der Waals surface area contributed by atoms with Gasteiger partial charge in [-0.2, -0.15) is 0 Å². The minimum Gasteiger partial charge on any atom is -0.381 e. The Bertz CT molecular complexity index is 459. The molecule has 2 saturated heterocycles. The number of hydrogen-bond donors (Lipinski definition) is 2. The number of hydrogen-bond acceptors (Lipinski definition) is 6. The Morgan fingerprint density at radius 3 is 2.95 bits per heavy atom. The van der Waals surface area contributed by atoms with E-state index in [2.05, 4.69) is 20.5 Å². The lowest BCUT2D eigenvalue weighted by atomic mass is 9.97. The first-order valence-corrected chi connectivity index (χ1v) is 8.55. The molecular formula is C14H22N4O3S. The van der Waals surface area contributed by atoms with Crippen LogP contribution in [0.15, 0.2) is 11.6 Å². The number of rotatable bonds is 5. The van der Waals surface area contributed by atoms with Gasteiger partial charge in [0, 0.05) is 49.8 Å². The molecule has 0 aromatic carbocycles. The summed E-state index contributed by atoms with van der Waals surface area (Å²) in [4.78, 5) is 18.4. The number of thiazole rings is 1. The van der Waals surface area contributed by atoms with Crippen molar-refractivity contribution in [3.05, 3.63) is 11.6 Å². The standard InChI is InChI=1S/C14H22N4O3S/c19-13(17-14-15-2-8-22-14)16-9-12(11-1-5-21-10-11)18-3-6-20-7-4-18/h2,8,11-12H,1,3-7,9-10H2,(H2,15,16,17,19). The van der Waals surface area contributed by atoms with E-state index in [-0.39, 0.29) is 6.03 Å². The third-order valence-corrected chi connectivity index (χ3v) is 4.84. The predicted octanol–water partition coefficient (Wildman–Crippen LogP) is 1.00. The molecule has 2 N–H and O–H groups in total. The number of carbonyl (C=O) groups is 1. The summed E-state index contributed by atoms with van der Waals surface area (Å²) in [7, 11) is 0. The molecule has 0 saturated carbocycles. The highest BCUT2D eigenvalue weighted by molar-refractivity contribution is 7.13. The van der Waals surface area contributed by atoms with Gasteiger partial charge in [-0.15, -0.1) is 11.3 Å². The molecule has 0 bridgehead atoms. The molecule has 1 aromatic rings. The molecule has 2 aliphatic rings. The van der Waals surface area contributed by atoms with E-state index in [0.717, 1.165) is 45.9 Å². The molecule has 2 amide bonds. The molecule has 7 nitrogen and oxygen atoms in total. The van der Waals surface area contributed by atoms with Gasteiger partial charge in [0.15, 0.2) is 5.13 Å². The zero-order valence-electron chi connectivity index (χ0n) is 12.5. The molecule has 3 heterocycles. The van der Waals surface area contributed by atoms with Crippen LogP contribution in [0.2, 0.25) is 0 Å². The van der Waals surface area contributed by atoms with Crippen LogP contribution >= 0.6 is 11.3 Å². The second-order valence-electron chi connectivity index (χ2n) is 5.51. The first-order valence-electron chi connectivity index (χ1n) is 7.67. The third kappa shape index (κ3) is 4.16. The molecule has 3 rings (SSSR count). The first kappa shape index (κ1) is 15.7. The Morgan fingerprint density at radius 1 is 1.41 bits per heavy atom. The number of amides is 2. The number of anilines is 1. The molecule has 1 aromatic heterocycles. The van der Waals surface area contributed by atoms with Gasteiger partial charge in [-0.05, 0) is 6.42 Å². The average molecular weight is 326 g/mol. The van der Waals surface area contributed by atoms with Crippen molar-refractivity contribution in [3.8, 4) is 0 Å². The molecule has 2 fully saturated rings. The van der Waals surface area contributed by atoms with Crippen molar-refractivity contribution in [2.24, 2.45) is 5.92 Å². The first-order chi connectivity index (χ1) is 10.8. The molecule has 8 heteroatoms. The van der Waals surface area contributed by atoms with Gasteiger partial charge in [-0.25, -0.2) is 9.78 Å². The van der Waals surface area contributed by atoms with Crippen LogP contribution in [0.3, 0.4) is 0 Å². The quantitative estimate of drug-likeness (QED) is 0.844. The third-order valence-electron chi connectivity index (χ3n) is 4.15. The van der Waals surface area contributed by atoms with Crippen molar-refractivity contribution >= 4 is 22.5 Å². The van der Waals surface area contributed by atoms with E-state index in [4.69, 9.17) is 9.47 Å². The van der Waals surface area contributed by atoms with Crippen molar-refractivity contribution < 1.29 is 14.3 Å². The van der Waals surface area contributed by atoms with Gasteiger partial charge in [-0.3, -0.25) is 10.2 Å². The van der Waals surface area contributed by atoms with E-state index in [9.17, 15) is 4.79 Å². The van der Waals surface area contributed by atoms with E-state index in [1.807, 2.05) is 5.38 Å². The fourth-order valence-corrected chi connectivity index (χ4v) is 3.51. The second-order valence-corrected chi connectivity index (χ2v) is 6.41. The maximum absolute atomic E-state index is 12.0. The molecule has 0 aliphatic carbocycles. The lowest BCUT2D eigenvalue weighted by Crippen LogP contribution is -2.52. The Morgan fingerprint density at radius 2 is 2.27 bits per heavy atom. The van der Waals surface area contributed by atoms with Gasteiger partial charge in [0.2, 0.25) is 0 Å². The molecular weight excluding hydrogens is 304 g/mol. The van der Waals surface area contributed by atoms with Crippen LogP contribution in [0.4, 0.5) is 9.93 Å². The van der Waals surface area contributed by atoms with Gasteiger partial charge >= 0.3 is 6.03 Å². The van der Waals surface area contributed by atoms with Crippen molar-refractivity contribution in [2.45, 2.75) is 12.5 Å². The van der Waals surface area contributed by atoms with E-state index >= 15 is 0 Å². The van der Waals surface area contributed by atoms with Crippen LogP contribution in [0.25, 0.3) is 0 Å². The molecule has 2 unspecified atom stereocenters. The molecule has 2 aliphatic heterocycles. The molecule has 122 valence electrons. The highest BCUT2D eigenvalue weighted by Crippen LogP contribution is 2.22. The zero-order valence-corrected chi connectivity index (χ0v) is 13.3. The van der Waals surface area contributed by atoms with E-state index in [0.29, 0.717) is 23.6 Å². The molecule has 22 heavy (non-hydrogen) atoms. The van der Waals surface area contributed by atoms with Crippen molar-refractivity contribution in [3.63, 3.8) is 0 Å². The highest BCUT2D eigenvalue weighted by Gasteiger charge is 2.31. The van der Waals surface area contributed by atoms with Gasteiger partial charge in [-0.1, -0.05) is 0 Å². The number of urea groups is 1. The smallest absolute Gasteiger partial charge is 0.321 e. The predicted molar refractivity (Wildman–Crippen MR) is 84.2 cm³/mol. The molecule has 2 atom stereocenters. The molecule has 0 radical (unpaired) electrons. The van der Waals surface area contributed by atoms with Crippen LogP contribution < -0.4 is 10.6 Å². The van der Waals surface area contributed by atoms with Crippen LogP contribution in [0.1, 0.15) is 6.42 Å². The number of carbonyl (C=O) groups excluding carboxylic acids is 1. The highest BCUT2D eigenvalue weighted by atomic mass is 32.1. The van der Waals surface area contributed by atoms with Gasteiger partial charge in [0.1, 0.15) is 0 Å². The lowest BCUT2D eigenvalue weighted by Gasteiger charge is -2.37. The summed E-state index contributed by atoms with van der Waals surface area (Å²) in [6, 6.07) is 0.0977. The number of aromatic nitrogens is 1. The van der Waals surface area contributed by atoms with E-state index in [1.165, 1.54) is 11.3 Å². The van der Waals surface area contributed by atoms with Gasteiger partial charge < -0.3 is 14.8 Å². The topological polar surface area (TPSA) is 75.7 Å². The van der Waals surface area contributed by atoms with Gasteiger partial charge in [0.25, 0.3) is 0 Å². The number of nitrogens with one attached hydrogen (secondary N) is 2. The fourth-order valence-electron chi connectivity index (χ4n) is 2.98. The normalized spacial score (nSPS) is 24.1. The summed E-state index contributed by atoms with van der Waals surface area (Å²) < 4.78 is 11.0. The van der Waals surface area contributed by atoms with Crippen LogP contribution in [0.5, 0.6) is 0 Å². The Labute approximate surface area is 134 Å². The Hall–Kier alpha value is -1.22. The Kier molecular flexibility index (Phi) is 5.60. The minimum absolute atomic E-state index is 0.202. The molecule has 0 spiro atoms. The maximum atomic E-state index is 12.0. The summed E-state index contributed by atoms with van der Waals surface area (Å²) in [5.74, 6) is 0.471. The maximum Gasteiger partial charge on any atom is 0.321 e. The van der Waals surface area contributed by atoms with Crippen LogP contribution in [0, 0.1) is 5.92 Å². The Balaban J connectivity index is 1.53. The van der Waals surface area contributed by atoms with Crippen molar-refractivity contribution in [2.75, 3.05) is 51.4 Å². The minimum atomic E-state index is -0.202. The number of ether oxygens (including phenoxy) is 2. The average Bonchev–Trinajstić information content (AvgIpc) is 3.22. The SMILES string of the molecule is O=C(NCC(C1CCOC1)N1CCOCC1)Nc1nccs1. The van der Waals surface area contributed by atoms with Crippen molar-refractivity contribution in [1.82, 2.24) is 15.2 Å². The number of morpholine rings is 1. The van der Waals surface area contributed by atoms with Crippen LogP contribution in [-0.4, -0.2) is 68.0 Å². The van der Waals surface area contributed by atoms with Crippen molar-refractivity contribution in [1.29, 1.82) is 0 Å². The lowest BCUT2D eigenvalue weighted by molar-refractivity contribution is 0.00222. The summed E-state index contributed by atoms with van der Waals surface area (Å²) in [5, 5.41) is 8.18. The largest absolute Gasteiger partial charge is 0.381 e. The summed E-state index contributed by atoms with van der Waals surface area (Å²) in [5.41, 5.74) is 0. The van der Waals surface area contributed by atoms with Gasteiger partial charge in [0.05, 0.1) is 19.8 Å². The fraction of sp³-hybridized carbons (Fsp3) is 0.714. The monoisotopic (exact) mass is 326 g/mol. The summed E-state index contributed by atoms with van der Waals surface area (Å²) >= 11 is 1.41. The van der Waals surface area contributed by atoms with E-state index < -0.39 is 0 Å². The summed E-state index contributed by atoms with van der Waals surface area (Å²) in [6.45, 7) is 5.55.